The fourth-order valence-electron chi connectivity index (χ4n) is 0.904. The van der Waals surface area contributed by atoms with Gasteiger partial charge in [-0.05, 0) is 17.9 Å². The van der Waals surface area contributed by atoms with Crippen molar-refractivity contribution in [2.75, 3.05) is 0 Å². The first-order chi connectivity index (χ1) is 5.14. The van der Waals surface area contributed by atoms with Gasteiger partial charge in [-0.15, -0.1) is 11.3 Å². The first-order valence-electron chi connectivity index (χ1n) is 3.63. The highest BCUT2D eigenvalue weighted by Crippen LogP contribution is 2.21. The summed E-state index contributed by atoms with van der Waals surface area (Å²) in [7, 11) is 0. The lowest BCUT2D eigenvalue weighted by Gasteiger charge is -2.14. The SMILES string of the molecule is CC(C)(C=O)Cc1cccs1. The maximum atomic E-state index is 10.6. The van der Waals surface area contributed by atoms with E-state index in [0.717, 1.165) is 12.7 Å². The third kappa shape index (κ3) is 2.46. The minimum absolute atomic E-state index is 0.204. The van der Waals surface area contributed by atoms with Gasteiger partial charge in [0.05, 0.1) is 0 Å². The fourth-order valence-corrected chi connectivity index (χ4v) is 1.85. The van der Waals surface area contributed by atoms with Crippen molar-refractivity contribution in [2.45, 2.75) is 20.3 Å². The molecule has 0 saturated carbocycles. The van der Waals surface area contributed by atoms with Gasteiger partial charge in [0, 0.05) is 10.3 Å². The molecule has 1 aromatic rings. The highest BCUT2D eigenvalue weighted by atomic mass is 32.1. The van der Waals surface area contributed by atoms with Gasteiger partial charge in [-0.1, -0.05) is 19.9 Å². The number of rotatable bonds is 3. The van der Waals surface area contributed by atoms with Gasteiger partial charge in [0.1, 0.15) is 6.29 Å². The Morgan fingerprint density at radius 2 is 2.36 bits per heavy atom. The van der Waals surface area contributed by atoms with Crippen LogP contribution in [0.4, 0.5) is 0 Å². The number of carbonyl (C=O) groups excluding carboxylic acids is 1. The lowest BCUT2D eigenvalue weighted by molar-refractivity contribution is -0.114. The molecule has 0 unspecified atom stereocenters. The molecule has 0 atom stereocenters. The minimum Gasteiger partial charge on any atom is -0.303 e. The molecular weight excluding hydrogens is 156 g/mol. The Hall–Kier alpha value is -0.630. The molecule has 0 fully saturated rings. The first kappa shape index (κ1) is 8.47. The molecular formula is C9H12OS. The lowest BCUT2D eigenvalue weighted by Crippen LogP contribution is -2.15. The Labute approximate surface area is 71.1 Å². The van der Waals surface area contributed by atoms with Crippen LogP contribution in [0.2, 0.25) is 0 Å². The molecule has 0 aliphatic heterocycles. The zero-order chi connectivity index (χ0) is 8.32. The Morgan fingerprint density at radius 1 is 1.64 bits per heavy atom. The van der Waals surface area contributed by atoms with E-state index in [4.69, 9.17) is 0 Å². The van der Waals surface area contributed by atoms with Crippen molar-refractivity contribution in [3.8, 4) is 0 Å². The van der Waals surface area contributed by atoms with E-state index in [1.807, 2.05) is 25.3 Å². The Kier molecular flexibility index (Phi) is 2.45. The van der Waals surface area contributed by atoms with Crippen molar-refractivity contribution in [1.29, 1.82) is 0 Å². The van der Waals surface area contributed by atoms with Gasteiger partial charge in [0.15, 0.2) is 0 Å². The molecule has 1 rings (SSSR count). The molecule has 0 bridgehead atoms. The standard InChI is InChI=1S/C9H12OS/c1-9(2,7-10)6-8-4-3-5-11-8/h3-5,7H,6H2,1-2H3. The smallest absolute Gasteiger partial charge is 0.125 e. The Balaban J connectivity index is 2.63. The normalized spacial score (nSPS) is 11.5. The maximum absolute atomic E-state index is 10.6. The van der Waals surface area contributed by atoms with E-state index in [0.29, 0.717) is 0 Å². The van der Waals surface area contributed by atoms with E-state index < -0.39 is 0 Å². The molecule has 2 heteroatoms. The van der Waals surface area contributed by atoms with Crippen molar-refractivity contribution in [3.63, 3.8) is 0 Å². The van der Waals surface area contributed by atoms with E-state index in [-0.39, 0.29) is 5.41 Å². The van der Waals surface area contributed by atoms with Crippen molar-refractivity contribution in [1.82, 2.24) is 0 Å². The van der Waals surface area contributed by atoms with E-state index >= 15 is 0 Å². The molecule has 0 aliphatic carbocycles. The van der Waals surface area contributed by atoms with Crippen LogP contribution in [0.1, 0.15) is 18.7 Å². The van der Waals surface area contributed by atoms with Crippen LogP contribution >= 0.6 is 11.3 Å². The molecule has 0 aliphatic rings. The summed E-state index contributed by atoms with van der Waals surface area (Å²) in [5.74, 6) is 0. The second-order valence-corrected chi connectivity index (χ2v) is 4.39. The zero-order valence-electron chi connectivity index (χ0n) is 6.83. The molecule has 1 nitrogen and oxygen atoms in total. The van der Waals surface area contributed by atoms with Crippen molar-refractivity contribution >= 4 is 17.6 Å². The molecule has 0 aromatic carbocycles. The van der Waals surface area contributed by atoms with E-state index in [9.17, 15) is 4.79 Å². The van der Waals surface area contributed by atoms with Crippen LogP contribution in [0.3, 0.4) is 0 Å². The van der Waals surface area contributed by atoms with E-state index in [1.165, 1.54) is 4.88 Å². The number of aldehydes is 1. The number of thiophene rings is 1. The monoisotopic (exact) mass is 168 g/mol. The summed E-state index contributed by atoms with van der Waals surface area (Å²) in [6.45, 7) is 3.92. The highest BCUT2D eigenvalue weighted by Gasteiger charge is 2.17. The fraction of sp³-hybridized carbons (Fsp3) is 0.444. The van der Waals surface area contributed by atoms with Crippen LogP contribution < -0.4 is 0 Å². The van der Waals surface area contributed by atoms with Gasteiger partial charge >= 0.3 is 0 Å². The molecule has 0 spiro atoms. The number of carbonyl (C=O) groups is 1. The summed E-state index contributed by atoms with van der Waals surface area (Å²) in [5.41, 5.74) is -0.204. The maximum Gasteiger partial charge on any atom is 0.125 e. The van der Waals surface area contributed by atoms with Crippen molar-refractivity contribution < 1.29 is 4.79 Å². The first-order valence-corrected chi connectivity index (χ1v) is 4.51. The summed E-state index contributed by atoms with van der Waals surface area (Å²) >= 11 is 1.71. The molecule has 1 heterocycles. The van der Waals surface area contributed by atoms with Gasteiger partial charge in [-0.3, -0.25) is 0 Å². The van der Waals surface area contributed by atoms with Gasteiger partial charge < -0.3 is 4.79 Å². The second-order valence-electron chi connectivity index (χ2n) is 3.36. The topological polar surface area (TPSA) is 17.1 Å². The molecule has 60 valence electrons. The number of hydrogen-bond acceptors (Lipinski definition) is 2. The Bertz CT molecular complexity index is 224. The molecule has 0 radical (unpaired) electrons. The summed E-state index contributed by atoms with van der Waals surface area (Å²) in [4.78, 5) is 11.8. The van der Waals surface area contributed by atoms with Crippen molar-refractivity contribution in [3.05, 3.63) is 22.4 Å². The van der Waals surface area contributed by atoms with Crippen LogP contribution in [0.15, 0.2) is 17.5 Å². The minimum atomic E-state index is -0.204. The predicted molar refractivity (Wildman–Crippen MR) is 47.9 cm³/mol. The summed E-state index contributed by atoms with van der Waals surface area (Å²) in [5, 5.41) is 2.04. The van der Waals surface area contributed by atoms with Crippen LogP contribution in [0.5, 0.6) is 0 Å². The summed E-state index contributed by atoms with van der Waals surface area (Å²) < 4.78 is 0. The molecule has 0 N–H and O–H groups in total. The van der Waals surface area contributed by atoms with Gasteiger partial charge in [0.2, 0.25) is 0 Å². The van der Waals surface area contributed by atoms with Crippen LogP contribution in [-0.4, -0.2) is 6.29 Å². The average molecular weight is 168 g/mol. The largest absolute Gasteiger partial charge is 0.303 e. The summed E-state index contributed by atoms with van der Waals surface area (Å²) in [6, 6.07) is 4.08. The molecule has 0 amide bonds. The lowest BCUT2D eigenvalue weighted by atomic mass is 9.91. The highest BCUT2D eigenvalue weighted by molar-refractivity contribution is 7.09. The third-order valence-corrected chi connectivity index (χ3v) is 2.41. The van der Waals surface area contributed by atoms with Crippen molar-refractivity contribution in [2.24, 2.45) is 5.41 Å². The van der Waals surface area contributed by atoms with Gasteiger partial charge in [-0.2, -0.15) is 0 Å². The second kappa shape index (κ2) is 3.18. The van der Waals surface area contributed by atoms with E-state index in [2.05, 4.69) is 6.07 Å². The van der Waals surface area contributed by atoms with Gasteiger partial charge in [0.25, 0.3) is 0 Å². The molecule has 0 saturated heterocycles. The van der Waals surface area contributed by atoms with E-state index in [1.54, 1.807) is 11.3 Å². The molecule has 11 heavy (non-hydrogen) atoms. The molecule has 1 aromatic heterocycles. The zero-order valence-corrected chi connectivity index (χ0v) is 7.65. The van der Waals surface area contributed by atoms with Crippen LogP contribution in [0, 0.1) is 5.41 Å². The predicted octanol–water partition coefficient (Wildman–Crippen LogP) is 2.52. The van der Waals surface area contributed by atoms with Crippen LogP contribution in [-0.2, 0) is 11.2 Å². The summed E-state index contributed by atoms with van der Waals surface area (Å²) in [6.07, 6.45) is 1.88. The quantitative estimate of drug-likeness (QED) is 0.634. The number of hydrogen-bond donors (Lipinski definition) is 0. The Morgan fingerprint density at radius 3 is 2.82 bits per heavy atom. The van der Waals surface area contributed by atoms with Crippen LogP contribution in [0.25, 0.3) is 0 Å². The third-order valence-electron chi connectivity index (χ3n) is 1.53. The average Bonchev–Trinajstić information content (AvgIpc) is 2.39. The van der Waals surface area contributed by atoms with Gasteiger partial charge in [-0.25, -0.2) is 0 Å².